The Balaban J connectivity index is 1.94. The van der Waals surface area contributed by atoms with Crippen LogP contribution in [-0.4, -0.2) is 29.1 Å². The van der Waals surface area contributed by atoms with Crippen LogP contribution in [0.4, 0.5) is 4.39 Å². The molecule has 1 heterocycles. The van der Waals surface area contributed by atoms with E-state index in [0.717, 1.165) is 44.3 Å². The lowest BCUT2D eigenvalue weighted by Crippen LogP contribution is -2.37. The second-order valence-electron chi connectivity index (χ2n) is 5.86. The summed E-state index contributed by atoms with van der Waals surface area (Å²) in [6, 6.07) is 7.15. The van der Waals surface area contributed by atoms with E-state index in [2.05, 4.69) is 11.8 Å². The number of hydrogen-bond acceptors (Lipinski definition) is 2. The molecule has 0 spiro atoms. The second kappa shape index (κ2) is 7.55. The van der Waals surface area contributed by atoms with Crippen LogP contribution < -0.4 is 0 Å². The normalized spacial score (nSPS) is 18.6. The van der Waals surface area contributed by atoms with Crippen LogP contribution in [0.5, 0.6) is 0 Å². The Labute approximate surface area is 125 Å². The molecule has 3 nitrogen and oxygen atoms in total. The molecule has 0 saturated carbocycles. The van der Waals surface area contributed by atoms with Gasteiger partial charge in [-0.25, -0.2) is 4.39 Å². The molecule has 1 aliphatic heterocycles. The van der Waals surface area contributed by atoms with Gasteiger partial charge in [0.25, 0.3) is 0 Å². The van der Waals surface area contributed by atoms with Gasteiger partial charge >= 0.3 is 5.97 Å². The number of aliphatic carboxylic acids is 1. The number of halogens is 1. The number of carboxylic acids is 1. The van der Waals surface area contributed by atoms with Crippen molar-refractivity contribution in [1.29, 1.82) is 0 Å². The Morgan fingerprint density at radius 1 is 1.38 bits per heavy atom. The number of carbonyl (C=O) groups is 1. The maximum atomic E-state index is 14.0. The minimum atomic E-state index is -0.713. The smallest absolute Gasteiger partial charge is 0.303 e. The standard InChI is InChI=1S/C17H24FNO2/c1-2-16(14-5-3-4-6-15(14)18)19-11-9-13(10-12-19)7-8-17(20)21/h3-6,13,16H,2,7-12H2,1H3,(H,20,21). The molecule has 21 heavy (non-hydrogen) atoms. The van der Waals surface area contributed by atoms with Gasteiger partial charge in [-0.3, -0.25) is 9.69 Å². The van der Waals surface area contributed by atoms with Crippen LogP contribution in [0, 0.1) is 11.7 Å². The van der Waals surface area contributed by atoms with Gasteiger partial charge < -0.3 is 5.11 Å². The third-order valence-corrected chi connectivity index (χ3v) is 4.51. The highest BCUT2D eigenvalue weighted by Gasteiger charge is 2.26. The third-order valence-electron chi connectivity index (χ3n) is 4.51. The van der Waals surface area contributed by atoms with E-state index >= 15 is 0 Å². The van der Waals surface area contributed by atoms with Crippen LogP contribution in [0.2, 0.25) is 0 Å². The van der Waals surface area contributed by atoms with Crippen LogP contribution in [0.25, 0.3) is 0 Å². The van der Waals surface area contributed by atoms with Crippen molar-refractivity contribution in [2.24, 2.45) is 5.92 Å². The fraction of sp³-hybridized carbons (Fsp3) is 0.588. The van der Waals surface area contributed by atoms with E-state index in [-0.39, 0.29) is 18.3 Å². The summed E-state index contributed by atoms with van der Waals surface area (Å²) in [6.07, 6.45) is 3.94. The van der Waals surface area contributed by atoms with E-state index in [1.165, 1.54) is 6.07 Å². The number of nitrogens with zero attached hydrogens (tertiary/aromatic N) is 1. The summed E-state index contributed by atoms with van der Waals surface area (Å²) >= 11 is 0. The monoisotopic (exact) mass is 293 g/mol. The van der Waals surface area contributed by atoms with Crippen LogP contribution in [-0.2, 0) is 4.79 Å². The fourth-order valence-corrected chi connectivity index (χ4v) is 3.30. The van der Waals surface area contributed by atoms with Gasteiger partial charge in [0, 0.05) is 18.0 Å². The molecule has 0 radical (unpaired) electrons. The molecule has 2 rings (SSSR count). The van der Waals surface area contributed by atoms with Crippen molar-refractivity contribution in [3.05, 3.63) is 35.6 Å². The van der Waals surface area contributed by atoms with E-state index in [4.69, 9.17) is 5.11 Å². The summed E-state index contributed by atoms with van der Waals surface area (Å²) in [5.41, 5.74) is 0.781. The molecule has 1 aliphatic rings. The summed E-state index contributed by atoms with van der Waals surface area (Å²) in [5, 5.41) is 8.75. The van der Waals surface area contributed by atoms with E-state index in [1.807, 2.05) is 12.1 Å². The van der Waals surface area contributed by atoms with Crippen LogP contribution in [0.3, 0.4) is 0 Å². The van der Waals surface area contributed by atoms with Crippen LogP contribution in [0.1, 0.15) is 50.6 Å². The largest absolute Gasteiger partial charge is 0.481 e. The number of carboxylic acid groups (broad SMARTS) is 1. The fourth-order valence-electron chi connectivity index (χ4n) is 3.30. The lowest BCUT2D eigenvalue weighted by Gasteiger charge is -2.37. The maximum absolute atomic E-state index is 14.0. The molecule has 0 aromatic heterocycles. The first-order valence-electron chi connectivity index (χ1n) is 7.82. The Bertz CT molecular complexity index is 470. The SMILES string of the molecule is CCC(c1ccccc1F)N1CCC(CCC(=O)O)CC1. The first-order valence-corrected chi connectivity index (χ1v) is 7.82. The molecule has 1 atom stereocenters. The minimum absolute atomic E-state index is 0.127. The predicted molar refractivity (Wildman–Crippen MR) is 80.6 cm³/mol. The van der Waals surface area contributed by atoms with Gasteiger partial charge in [0.2, 0.25) is 0 Å². The van der Waals surface area contributed by atoms with Gasteiger partial charge in [-0.2, -0.15) is 0 Å². The lowest BCUT2D eigenvalue weighted by atomic mass is 9.90. The highest BCUT2D eigenvalue weighted by molar-refractivity contribution is 5.66. The van der Waals surface area contributed by atoms with Gasteiger partial charge in [0.05, 0.1) is 0 Å². The molecule has 1 aromatic rings. The Kier molecular flexibility index (Phi) is 5.74. The molecular formula is C17H24FNO2. The first kappa shape index (κ1) is 16.0. The molecule has 0 amide bonds. The topological polar surface area (TPSA) is 40.5 Å². The zero-order valence-corrected chi connectivity index (χ0v) is 12.6. The van der Waals surface area contributed by atoms with Gasteiger partial charge in [0.1, 0.15) is 5.82 Å². The van der Waals surface area contributed by atoms with E-state index in [0.29, 0.717) is 5.92 Å². The average molecular weight is 293 g/mol. The van der Waals surface area contributed by atoms with Crippen LogP contribution in [0.15, 0.2) is 24.3 Å². The Morgan fingerprint density at radius 2 is 2.05 bits per heavy atom. The number of rotatable bonds is 6. The molecule has 1 saturated heterocycles. The number of piperidine rings is 1. The summed E-state index contributed by atoms with van der Waals surface area (Å²) < 4.78 is 14.0. The minimum Gasteiger partial charge on any atom is -0.481 e. The first-order chi connectivity index (χ1) is 10.1. The van der Waals surface area contributed by atoms with Crippen molar-refractivity contribution in [3.63, 3.8) is 0 Å². The van der Waals surface area contributed by atoms with Crippen molar-refractivity contribution >= 4 is 5.97 Å². The van der Waals surface area contributed by atoms with Crippen molar-refractivity contribution in [1.82, 2.24) is 4.90 Å². The Morgan fingerprint density at radius 3 is 2.62 bits per heavy atom. The zero-order chi connectivity index (χ0) is 15.2. The Hall–Kier alpha value is -1.42. The molecule has 0 bridgehead atoms. The number of benzene rings is 1. The molecule has 116 valence electrons. The van der Waals surface area contributed by atoms with E-state index in [1.54, 1.807) is 6.07 Å². The van der Waals surface area contributed by atoms with Gasteiger partial charge in [-0.05, 0) is 50.8 Å². The van der Waals surface area contributed by atoms with Gasteiger partial charge in [-0.15, -0.1) is 0 Å². The lowest BCUT2D eigenvalue weighted by molar-refractivity contribution is -0.137. The van der Waals surface area contributed by atoms with Crippen molar-refractivity contribution in [3.8, 4) is 0 Å². The van der Waals surface area contributed by atoms with Gasteiger partial charge in [0.15, 0.2) is 0 Å². The summed E-state index contributed by atoms with van der Waals surface area (Å²) in [4.78, 5) is 13.0. The summed E-state index contributed by atoms with van der Waals surface area (Å²) in [5.74, 6) is -0.344. The van der Waals surface area contributed by atoms with Crippen molar-refractivity contribution < 1.29 is 14.3 Å². The number of hydrogen-bond donors (Lipinski definition) is 1. The molecule has 4 heteroatoms. The van der Waals surface area contributed by atoms with E-state index in [9.17, 15) is 9.18 Å². The van der Waals surface area contributed by atoms with Crippen molar-refractivity contribution in [2.75, 3.05) is 13.1 Å². The third kappa shape index (κ3) is 4.27. The molecule has 1 N–H and O–H groups in total. The van der Waals surface area contributed by atoms with Crippen LogP contribution >= 0.6 is 0 Å². The summed E-state index contributed by atoms with van der Waals surface area (Å²) in [6.45, 7) is 3.95. The second-order valence-corrected chi connectivity index (χ2v) is 5.86. The molecule has 1 fully saturated rings. The molecule has 0 aliphatic carbocycles. The number of likely N-dealkylation sites (tertiary alicyclic amines) is 1. The summed E-state index contributed by atoms with van der Waals surface area (Å²) in [7, 11) is 0. The quantitative estimate of drug-likeness (QED) is 0.866. The molecular weight excluding hydrogens is 269 g/mol. The zero-order valence-electron chi connectivity index (χ0n) is 12.6. The highest BCUT2D eigenvalue weighted by atomic mass is 19.1. The maximum Gasteiger partial charge on any atom is 0.303 e. The predicted octanol–water partition coefficient (Wildman–Crippen LogP) is 3.85. The molecule has 1 aromatic carbocycles. The van der Waals surface area contributed by atoms with E-state index < -0.39 is 5.97 Å². The molecule has 1 unspecified atom stereocenters. The van der Waals surface area contributed by atoms with Crippen molar-refractivity contribution in [2.45, 2.75) is 45.1 Å². The average Bonchev–Trinajstić information content (AvgIpc) is 2.49. The van der Waals surface area contributed by atoms with Gasteiger partial charge in [-0.1, -0.05) is 25.1 Å². The highest BCUT2D eigenvalue weighted by Crippen LogP contribution is 2.31.